The van der Waals surface area contributed by atoms with Crippen molar-refractivity contribution >= 4 is 23.1 Å². The van der Waals surface area contributed by atoms with Crippen LogP contribution in [0.4, 0.5) is 36.3 Å². The third-order valence-corrected chi connectivity index (χ3v) is 6.69. The molecule has 0 saturated carbocycles. The number of halogens is 3. The Kier molecular flexibility index (Phi) is 7.05. The van der Waals surface area contributed by atoms with Gasteiger partial charge in [0.15, 0.2) is 17.4 Å². The second kappa shape index (κ2) is 10.4. The van der Waals surface area contributed by atoms with E-state index < -0.39 is 18.0 Å². The zero-order chi connectivity index (χ0) is 26.1. The number of hydrogen-bond acceptors (Lipinski definition) is 8. The third-order valence-electron chi connectivity index (χ3n) is 6.69. The van der Waals surface area contributed by atoms with Crippen LogP contribution in [0.15, 0.2) is 36.7 Å². The Morgan fingerprint density at radius 3 is 2.54 bits per heavy atom. The molecule has 2 aliphatic heterocycles. The average Bonchev–Trinajstić information content (AvgIpc) is 2.90. The smallest absolute Gasteiger partial charge is 0.256 e. The fraction of sp³-hybridized carbons (Fsp3) is 0.423. The van der Waals surface area contributed by atoms with Crippen molar-refractivity contribution in [3.05, 3.63) is 48.3 Å². The molecule has 1 atom stereocenters. The second-order valence-electron chi connectivity index (χ2n) is 9.42. The number of pyridine rings is 1. The quantitative estimate of drug-likeness (QED) is 0.488. The van der Waals surface area contributed by atoms with Crippen molar-refractivity contribution in [2.24, 2.45) is 0 Å². The summed E-state index contributed by atoms with van der Waals surface area (Å²) in [5, 5.41) is 2.98. The van der Waals surface area contributed by atoms with E-state index in [1.807, 2.05) is 19.9 Å². The molecule has 2 aromatic heterocycles. The zero-order valence-electron chi connectivity index (χ0n) is 20.9. The summed E-state index contributed by atoms with van der Waals surface area (Å²) in [6, 6.07) is 6.27. The summed E-state index contributed by atoms with van der Waals surface area (Å²) in [5.74, 6) is -1.11. The molecule has 37 heavy (non-hydrogen) atoms. The molecule has 1 saturated heterocycles. The number of nitrogens with one attached hydrogen (secondary N) is 1. The van der Waals surface area contributed by atoms with E-state index in [1.165, 1.54) is 0 Å². The summed E-state index contributed by atoms with van der Waals surface area (Å²) in [6.45, 7) is 5.44. The number of methoxy groups -OCH3 is 1. The topological polar surface area (TPSA) is 75.6 Å². The molecular weight excluding hydrogens is 485 g/mol. The fourth-order valence-corrected chi connectivity index (χ4v) is 4.69. The molecule has 5 rings (SSSR count). The van der Waals surface area contributed by atoms with Crippen molar-refractivity contribution in [3.63, 3.8) is 0 Å². The Morgan fingerprint density at radius 1 is 1.08 bits per heavy atom. The number of fused-ring (bicyclic) bond motifs is 1. The number of anilines is 4. The molecule has 0 spiro atoms. The highest BCUT2D eigenvalue weighted by atomic mass is 19.1. The van der Waals surface area contributed by atoms with Crippen LogP contribution < -0.4 is 19.9 Å². The summed E-state index contributed by atoms with van der Waals surface area (Å²) in [7, 11) is 1.74. The highest BCUT2D eigenvalue weighted by Gasteiger charge is 2.31. The number of ether oxygens (including phenoxy) is 2. The van der Waals surface area contributed by atoms with Crippen LogP contribution in [0.2, 0.25) is 0 Å². The van der Waals surface area contributed by atoms with Crippen LogP contribution in [-0.2, 0) is 4.74 Å². The monoisotopic (exact) mass is 514 g/mol. The molecular formula is C26H29F3N6O2. The van der Waals surface area contributed by atoms with Gasteiger partial charge in [-0.15, -0.1) is 0 Å². The molecule has 0 bridgehead atoms. The van der Waals surface area contributed by atoms with E-state index in [2.05, 4.69) is 25.2 Å². The molecule has 4 heterocycles. The van der Waals surface area contributed by atoms with Crippen molar-refractivity contribution < 1.29 is 22.6 Å². The van der Waals surface area contributed by atoms with Gasteiger partial charge in [-0.05, 0) is 51.0 Å². The van der Waals surface area contributed by atoms with Gasteiger partial charge < -0.3 is 24.6 Å². The average molecular weight is 515 g/mol. The van der Waals surface area contributed by atoms with Crippen LogP contribution >= 0.6 is 0 Å². The Balaban J connectivity index is 1.37. The van der Waals surface area contributed by atoms with E-state index in [4.69, 9.17) is 9.47 Å². The second-order valence-corrected chi connectivity index (χ2v) is 9.42. The summed E-state index contributed by atoms with van der Waals surface area (Å²) >= 11 is 0. The summed E-state index contributed by atoms with van der Waals surface area (Å²) in [4.78, 5) is 16.7. The lowest BCUT2D eigenvalue weighted by atomic mass is 10.1. The van der Waals surface area contributed by atoms with Gasteiger partial charge in [0.1, 0.15) is 11.5 Å². The van der Waals surface area contributed by atoms with Crippen molar-refractivity contribution in [1.29, 1.82) is 0 Å². The number of hydrogen-bond donors (Lipinski definition) is 1. The third kappa shape index (κ3) is 5.27. The minimum atomic E-state index is -1.65. The maximum atomic E-state index is 14.9. The van der Waals surface area contributed by atoms with E-state index in [9.17, 15) is 13.2 Å². The number of alkyl halides is 1. The molecule has 3 aromatic rings. The molecule has 1 N–H and O–H groups in total. The van der Waals surface area contributed by atoms with Crippen LogP contribution in [0.25, 0.3) is 11.3 Å². The number of benzene rings is 1. The molecule has 11 heteroatoms. The standard InChI is InChI=1S/C26H29F3N6O2/c1-15(2)35-14-22(29)37-25-19(27)10-16(11-21(25)35)24-20(28)13-31-26(33-24)32-23-5-4-17(12-30-23)34-8-6-18(36-3)7-9-34/h4-5,10-13,15,18,22H,6-9,14H2,1-3H3,(H,30,31,32,33). The van der Waals surface area contributed by atoms with E-state index >= 15 is 0 Å². The number of nitrogens with zero attached hydrogens (tertiary/aromatic N) is 5. The van der Waals surface area contributed by atoms with Crippen LogP contribution in [0.3, 0.4) is 0 Å². The molecule has 0 aliphatic carbocycles. The van der Waals surface area contributed by atoms with Crippen LogP contribution in [-0.4, -0.2) is 60.2 Å². The van der Waals surface area contributed by atoms with Crippen LogP contribution in [0.5, 0.6) is 5.75 Å². The molecule has 196 valence electrons. The largest absolute Gasteiger partial charge is 0.453 e. The molecule has 1 aromatic carbocycles. The molecule has 1 fully saturated rings. The lowest BCUT2D eigenvalue weighted by molar-refractivity contribution is 0.0591. The lowest BCUT2D eigenvalue weighted by Crippen LogP contribution is -2.42. The molecule has 1 unspecified atom stereocenters. The molecule has 0 radical (unpaired) electrons. The Hall–Kier alpha value is -3.60. The molecule has 2 aliphatic rings. The normalized spacial score (nSPS) is 18.1. The number of rotatable bonds is 6. The predicted octanol–water partition coefficient (Wildman–Crippen LogP) is 5.08. The summed E-state index contributed by atoms with van der Waals surface area (Å²) < 4.78 is 54.2. The van der Waals surface area contributed by atoms with Crippen molar-refractivity contribution in [1.82, 2.24) is 15.0 Å². The van der Waals surface area contributed by atoms with Gasteiger partial charge in [0.25, 0.3) is 6.36 Å². The Labute approximate surface area is 213 Å². The predicted molar refractivity (Wildman–Crippen MR) is 135 cm³/mol. The van der Waals surface area contributed by atoms with E-state index in [0.717, 1.165) is 43.9 Å². The first-order valence-electron chi connectivity index (χ1n) is 12.3. The Morgan fingerprint density at radius 2 is 1.86 bits per heavy atom. The van der Waals surface area contributed by atoms with Gasteiger partial charge in [-0.1, -0.05) is 0 Å². The van der Waals surface area contributed by atoms with Gasteiger partial charge in [-0.3, -0.25) is 0 Å². The first-order chi connectivity index (χ1) is 17.8. The van der Waals surface area contributed by atoms with E-state index in [1.54, 1.807) is 30.3 Å². The SMILES string of the molecule is COC1CCN(c2ccc(Nc3ncc(F)c(-c4cc(F)c5c(c4)N(C(C)C)CC(F)O5)n3)nc2)CC1. The van der Waals surface area contributed by atoms with Crippen molar-refractivity contribution in [2.45, 2.75) is 45.2 Å². The Bertz CT molecular complexity index is 1250. The highest BCUT2D eigenvalue weighted by molar-refractivity contribution is 5.73. The van der Waals surface area contributed by atoms with Gasteiger partial charge >= 0.3 is 0 Å². The van der Waals surface area contributed by atoms with Crippen molar-refractivity contribution in [3.8, 4) is 17.0 Å². The first-order valence-corrected chi connectivity index (χ1v) is 12.3. The van der Waals surface area contributed by atoms with Gasteiger partial charge in [-0.25, -0.2) is 23.7 Å². The van der Waals surface area contributed by atoms with Gasteiger partial charge in [0.2, 0.25) is 5.95 Å². The van der Waals surface area contributed by atoms with Crippen molar-refractivity contribution in [2.75, 3.05) is 41.9 Å². The minimum Gasteiger partial charge on any atom is -0.453 e. The number of aromatic nitrogens is 3. The first kappa shape index (κ1) is 25.1. The summed E-state index contributed by atoms with van der Waals surface area (Å²) in [6.07, 6.45) is 3.34. The van der Waals surface area contributed by atoms with E-state index in [0.29, 0.717) is 17.6 Å². The lowest BCUT2D eigenvalue weighted by Gasteiger charge is -2.36. The van der Waals surface area contributed by atoms with Gasteiger partial charge in [0, 0.05) is 31.8 Å². The number of piperidine rings is 1. The maximum absolute atomic E-state index is 14.9. The van der Waals surface area contributed by atoms with Crippen LogP contribution in [0, 0.1) is 11.6 Å². The van der Waals surface area contributed by atoms with Gasteiger partial charge in [-0.2, -0.15) is 4.39 Å². The minimum absolute atomic E-state index is 0.0569. The van der Waals surface area contributed by atoms with Gasteiger partial charge in [0.05, 0.1) is 36.4 Å². The highest BCUT2D eigenvalue weighted by Crippen LogP contribution is 2.41. The fourth-order valence-electron chi connectivity index (χ4n) is 4.69. The summed E-state index contributed by atoms with van der Waals surface area (Å²) in [5.41, 5.74) is 1.44. The zero-order valence-corrected chi connectivity index (χ0v) is 20.9. The molecule has 0 amide bonds. The van der Waals surface area contributed by atoms with E-state index in [-0.39, 0.29) is 35.5 Å². The molecule has 8 nitrogen and oxygen atoms in total. The maximum Gasteiger partial charge on any atom is 0.256 e. The van der Waals surface area contributed by atoms with Crippen LogP contribution in [0.1, 0.15) is 26.7 Å².